The van der Waals surface area contributed by atoms with Gasteiger partial charge in [0.1, 0.15) is 11.5 Å². The van der Waals surface area contributed by atoms with Crippen molar-refractivity contribution in [1.29, 1.82) is 0 Å². The standard InChI is InChI=1S/C27H32N2O5/c1-3-32-23-11-7-8-21-18-24(34-26(21)23)19(2)28-27(31)20-12-15-29(16-13-20)25(30)14-17-33-22-9-5-4-6-10-22/h4-11,18-20H,3,12-17H2,1-2H3,(H,28,31). The number of hydrogen-bond acceptors (Lipinski definition) is 5. The Bertz CT molecular complexity index is 1100. The van der Waals surface area contributed by atoms with Crippen molar-refractivity contribution in [3.63, 3.8) is 0 Å². The fourth-order valence-corrected chi connectivity index (χ4v) is 4.26. The molecule has 0 spiro atoms. The molecule has 0 saturated carbocycles. The van der Waals surface area contributed by atoms with Gasteiger partial charge in [-0.25, -0.2) is 0 Å². The molecule has 7 heteroatoms. The van der Waals surface area contributed by atoms with Gasteiger partial charge in [0.15, 0.2) is 11.3 Å². The Hall–Kier alpha value is -3.48. The first-order valence-corrected chi connectivity index (χ1v) is 12.0. The van der Waals surface area contributed by atoms with Gasteiger partial charge in [-0.2, -0.15) is 0 Å². The summed E-state index contributed by atoms with van der Waals surface area (Å²) >= 11 is 0. The molecule has 1 N–H and O–H groups in total. The number of para-hydroxylation sites is 2. The minimum absolute atomic E-state index is 0.00232. The lowest BCUT2D eigenvalue weighted by atomic mass is 9.95. The molecule has 4 rings (SSSR count). The minimum atomic E-state index is -0.260. The first kappa shape index (κ1) is 23.7. The van der Waals surface area contributed by atoms with Crippen molar-refractivity contribution in [1.82, 2.24) is 10.2 Å². The van der Waals surface area contributed by atoms with Gasteiger partial charge in [0.05, 0.1) is 25.7 Å². The van der Waals surface area contributed by atoms with E-state index in [9.17, 15) is 9.59 Å². The van der Waals surface area contributed by atoms with Gasteiger partial charge in [0.25, 0.3) is 0 Å². The molecule has 7 nitrogen and oxygen atoms in total. The van der Waals surface area contributed by atoms with Crippen LogP contribution in [0.5, 0.6) is 11.5 Å². The number of ether oxygens (including phenoxy) is 2. The normalized spacial score (nSPS) is 15.2. The second-order valence-electron chi connectivity index (χ2n) is 8.55. The Morgan fingerprint density at radius 1 is 1.09 bits per heavy atom. The van der Waals surface area contributed by atoms with Crippen LogP contribution in [0.4, 0.5) is 0 Å². The minimum Gasteiger partial charge on any atom is -0.493 e. The van der Waals surface area contributed by atoms with Gasteiger partial charge < -0.3 is 24.1 Å². The average molecular weight is 465 g/mol. The third kappa shape index (κ3) is 5.71. The predicted molar refractivity (Wildman–Crippen MR) is 130 cm³/mol. The highest BCUT2D eigenvalue weighted by atomic mass is 16.5. The molecule has 2 aromatic carbocycles. The van der Waals surface area contributed by atoms with Crippen LogP contribution in [0.2, 0.25) is 0 Å². The van der Waals surface area contributed by atoms with Crippen LogP contribution in [-0.2, 0) is 9.59 Å². The number of nitrogens with zero attached hydrogens (tertiary/aromatic N) is 1. The number of amides is 2. The Labute approximate surface area is 200 Å². The van der Waals surface area contributed by atoms with Crippen molar-refractivity contribution in [2.45, 2.75) is 39.2 Å². The molecular weight excluding hydrogens is 432 g/mol. The number of carbonyl (C=O) groups is 2. The van der Waals surface area contributed by atoms with E-state index < -0.39 is 0 Å². The first-order chi connectivity index (χ1) is 16.5. The highest BCUT2D eigenvalue weighted by molar-refractivity contribution is 5.84. The van der Waals surface area contributed by atoms with Crippen molar-refractivity contribution in [3.05, 3.63) is 60.4 Å². The summed E-state index contributed by atoms with van der Waals surface area (Å²) in [4.78, 5) is 27.2. The summed E-state index contributed by atoms with van der Waals surface area (Å²) in [6.45, 7) is 5.92. The number of carbonyl (C=O) groups excluding carboxylic acids is 2. The van der Waals surface area contributed by atoms with Gasteiger partial charge in [-0.05, 0) is 51.0 Å². The van der Waals surface area contributed by atoms with E-state index in [1.54, 1.807) is 0 Å². The van der Waals surface area contributed by atoms with E-state index in [0.29, 0.717) is 62.7 Å². The highest BCUT2D eigenvalue weighted by Crippen LogP contribution is 2.31. The van der Waals surface area contributed by atoms with Crippen LogP contribution in [0.3, 0.4) is 0 Å². The van der Waals surface area contributed by atoms with Crippen molar-refractivity contribution < 1.29 is 23.5 Å². The molecule has 0 aliphatic carbocycles. The topological polar surface area (TPSA) is 81.0 Å². The van der Waals surface area contributed by atoms with Gasteiger partial charge in [0, 0.05) is 24.4 Å². The number of furan rings is 1. The summed E-state index contributed by atoms with van der Waals surface area (Å²) in [6.07, 6.45) is 1.63. The van der Waals surface area contributed by atoms with Gasteiger partial charge in [0.2, 0.25) is 11.8 Å². The van der Waals surface area contributed by atoms with Crippen LogP contribution in [0.15, 0.2) is 59.0 Å². The lowest BCUT2D eigenvalue weighted by molar-refractivity contribution is -0.136. The number of piperidine rings is 1. The second-order valence-corrected chi connectivity index (χ2v) is 8.55. The Morgan fingerprint density at radius 2 is 1.85 bits per heavy atom. The smallest absolute Gasteiger partial charge is 0.225 e. The first-order valence-electron chi connectivity index (χ1n) is 12.0. The van der Waals surface area contributed by atoms with Crippen molar-refractivity contribution >= 4 is 22.8 Å². The summed E-state index contributed by atoms with van der Waals surface area (Å²) in [5.74, 6) is 2.11. The Morgan fingerprint density at radius 3 is 2.59 bits per heavy atom. The second kappa shape index (κ2) is 11.1. The van der Waals surface area contributed by atoms with Crippen LogP contribution < -0.4 is 14.8 Å². The van der Waals surface area contributed by atoms with Gasteiger partial charge in [-0.1, -0.05) is 30.3 Å². The molecule has 3 aromatic rings. The van der Waals surface area contributed by atoms with Crippen LogP contribution >= 0.6 is 0 Å². The molecule has 2 heterocycles. The molecule has 1 saturated heterocycles. The van der Waals surface area contributed by atoms with Crippen molar-refractivity contribution in [2.75, 3.05) is 26.3 Å². The van der Waals surface area contributed by atoms with Crippen molar-refractivity contribution in [3.8, 4) is 11.5 Å². The monoisotopic (exact) mass is 464 g/mol. The zero-order chi connectivity index (χ0) is 23.9. The largest absolute Gasteiger partial charge is 0.493 e. The summed E-state index contributed by atoms with van der Waals surface area (Å²) in [5, 5.41) is 4.03. The van der Waals surface area contributed by atoms with Crippen LogP contribution in [0.25, 0.3) is 11.0 Å². The maximum atomic E-state index is 12.9. The number of benzene rings is 2. The number of likely N-dealkylation sites (tertiary alicyclic amines) is 1. The van der Waals surface area contributed by atoms with E-state index >= 15 is 0 Å². The molecule has 1 unspecified atom stereocenters. The van der Waals surface area contributed by atoms with Gasteiger partial charge in [-0.15, -0.1) is 0 Å². The number of hydrogen-bond donors (Lipinski definition) is 1. The van der Waals surface area contributed by atoms with E-state index in [2.05, 4.69) is 5.32 Å². The maximum Gasteiger partial charge on any atom is 0.225 e. The third-order valence-electron chi connectivity index (χ3n) is 6.16. The predicted octanol–water partition coefficient (Wildman–Crippen LogP) is 4.72. The van der Waals surface area contributed by atoms with Crippen LogP contribution in [-0.4, -0.2) is 43.0 Å². The van der Waals surface area contributed by atoms with Gasteiger partial charge in [-0.3, -0.25) is 9.59 Å². The fraction of sp³-hybridized carbons (Fsp3) is 0.407. The van der Waals surface area contributed by atoms with E-state index in [1.165, 1.54) is 0 Å². The quantitative estimate of drug-likeness (QED) is 0.496. The average Bonchev–Trinajstić information content (AvgIpc) is 3.31. The molecule has 0 radical (unpaired) electrons. The van der Waals surface area contributed by atoms with E-state index in [4.69, 9.17) is 13.9 Å². The highest BCUT2D eigenvalue weighted by Gasteiger charge is 2.28. The zero-order valence-corrected chi connectivity index (χ0v) is 19.8. The van der Waals surface area contributed by atoms with E-state index in [-0.39, 0.29) is 23.8 Å². The molecule has 0 bridgehead atoms. The number of fused-ring (bicyclic) bond motifs is 1. The summed E-state index contributed by atoms with van der Waals surface area (Å²) in [6, 6.07) is 16.9. The summed E-state index contributed by atoms with van der Waals surface area (Å²) in [5.41, 5.74) is 0.698. The van der Waals surface area contributed by atoms with Crippen LogP contribution in [0, 0.1) is 5.92 Å². The van der Waals surface area contributed by atoms with E-state index in [1.807, 2.05) is 73.3 Å². The van der Waals surface area contributed by atoms with Crippen molar-refractivity contribution in [2.24, 2.45) is 5.92 Å². The molecule has 1 atom stereocenters. The Balaban J connectivity index is 1.24. The maximum absolute atomic E-state index is 12.9. The molecule has 1 fully saturated rings. The van der Waals surface area contributed by atoms with Crippen LogP contribution in [0.1, 0.15) is 44.9 Å². The molecule has 2 amide bonds. The molecule has 1 aromatic heterocycles. The molecule has 1 aliphatic heterocycles. The van der Waals surface area contributed by atoms with E-state index in [0.717, 1.165) is 11.1 Å². The lowest BCUT2D eigenvalue weighted by Gasteiger charge is -2.31. The fourth-order valence-electron chi connectivity index (χ4n) is 4.26. The SMILES string of the molecule is CCOc1cccc2cc(C(C)NC(=O)C3CCN(C(=O)CCOc4ccccc4)CC3)oc12. The molecule has 1 aliphatic rings. The molecule has 180 valence electrons. The Kier molecular flexibility index (Phi) is 7.72. The zero-order valence-electron chi connectivity index (χ0n) is 19.8. The number of nitrogens with one attached hydrogen (secondary N) is 1. The lowest BCUT2D eigenvalue weighted by Crippen LogP contribution is -2.43. The summed E-state index contributed by atoms with van der Waals surface area (Å²) < 4.78 is 17.3. The summed E-state index contributed by atoms with van der Waals surface area (Å²) in [7, 11) is 0. The molecular formula is C27H32N2O5. The van der Waals surface area contributed by atoms with Gasteiger partial charge >= 0.3 is 0 Å². The molecule has 34 heavy (non-hydrogen) atoms. The number of rotatable bonds is 9. The third-order valence-corrected chi connectivity index (χ3v) is 6.16.